The van der Waals surface area contributed by atoms with E-state index in [-0.39, 0.29) is 35.6 Å². The number of esters is 1. The first-order valence-corrected chi connectivity index (χ1v) is 8.63. The Labute approximate surface area is 146 Å². The summed E-state index contributed by atoms with van der Waals surface area (Å²) in [6.07, 6.45) is 1.59. The topological polar surface area (TPSA) is 96.9 Å². The molecule has 0 aliphatic carbocycles. The predicted molar refractivity (Wildman–Crippen MR) is 91.6 cm³/mol. The Kier molecular flexibility index (Phi) is 4.96. The second-order valence-electron chi connectivity index (χ2n) is 6.75. The van der Waals surface area contributed by atoms with Crippen molar-refractivity contribution < 1.29 is 24.2 Å². The fourth-order valence-electron chi connectivity index (χ4n) is 3.52. The molecule has 2 aliphatic rings. The van der Waals surface area contributed by atoms with E-state index < -0.39 is 11.6 Å². The molecule has 1 aromatic carbocycles. The molecule has 1 amide bonds. The number of phenols is 1. The fraction of sp³-hybridized carbons (Fsp3) is 0.556. The zero-order valence-electron chi connectivity index (χ0n) is 14.5. The molecule has 3 N–H and O–H groups in total. The number of carbonyl (C=O) groups excluding carboxylic acids is 2. The Morgan fingerprint density at radius 2 is 2.28 bits per heavy atom. The van der Waals surface area contributed by atoms with Crippen molar-refractivity contribution in [1.82, 2.24) is 5.32 Å². The minimum atomic E-state index is -0.951. The second-order valence-corrected chi connectivity index (χ2v) is 6.75. The monoisotopic (exact) mass is 348 g/mol. The van der Waals surface area contributed by atoms with Gasteiger partial charge in [-0.1, -0.05) is 0 Å². The van der Waals surface area contributed by atoms with Crippen LogP contribution < -0.4 is 10.6 Å². The minimum Gasteiger partial charge on any atom is -0.506 e. The van der Waals surface area contributed by atoms with Crippen LogP contribution >= 0.6 is 0 Å². The lowest BCUT2D eigenvalue weighted by Crippen LogP contribution is -2.40. The van der Waals surface area contributed by atoms with E-state index in [1.165, 1.54) is 18.2 Å². The standard InChI is InChI=1S/C18H24N2O5/c1-3-24-16(22)11-4-5-14(21)13(8-11)20-17(23)18(2)9-12-10-19-7-6-15(12)25-18/h4-5,8,12,15,19,21H,3,6-7,9-10H2,1-2H3,(H,20,23)/t12-,15+,18+/m1/s1. The van der Waals surface area contributed by atoms with Crippen LogP contribution in [0.25, 0.3) is 0 Å². The first-order chi connectivity index (χ1) is 11.9. The average Bonchev–Trinajstić information content (AvgIpc) is 2.94. The molecule has 2 aliphatic heterocycles. The third-order valence-corrected chi connectivity index (χ3v) is 4.84. The summed E-state index contributed by atoms with van der Waals surface area (Å²) in [6, 6.07) is 4.23. The number of hydrogen-bond donors (Lipinski definition) is 3. The largest absolute Gasteiger partial charge is 0.506 e. The molecule has 7 nitrogen and oxygen atoms in total. The molecule has 0 radical (unpaired) electrons. The molecule has 1 aromatic rings. The molecule has 136 valence electrons. The van der Waals surface area contributed by atoms with Gasteiger partial charge >= 0.3 is 5.97 Å². The molecule has 0 bridgehead atoms. The predicted octanol–water partition coefficient (Wildman–Crippen LogP) is 1.66. The van der Waals surface area contributed by atoms with Crippen LogP contribution in [0.1, 0.15) is 37.0 Å². The van der Waals surface area contributed by atoms with Gasteiger partial charge in [0, 0.05) is 12.5 Å². The van der Waals surface area contributed by atoms with E-state index in [1.54, 1.807) is 13.8 Å². The van der Waals surface area contributed by atoms with Crippen molar-refractivity contribution in [3.05, 3.63) is 23.8 Å². The minimum absolute atomic E-state index is 0.0801. The number of amides is 1. The van der Waals surface area contributed by atoms with Gasteiger partial charge in [0.2, 0.25) is 0 Å². The van der Waals surface area contributed by atoms with Gasteiger partial charge < -0.3 is 25.2 Å². The SMILES string of the molecule is CCOC(=O)c1ccc(O)c(NC(=O)[C@]2(C)C[C@@H]3CNCC[C@@H]3O2)c1. The van der Waals surface area contributed by atoms with Crippen molar-refractivity contribution in [3.63, 3.8) is 0 Å². The number of piperidine rings is 1. The third kappa shape index (κ3) is 3.62. The lowest BCUT2D eigenvalue weighted by Gasteiger charge is -2.25. The molecule has 0 aromatic heterocycles. The molecule has 0 unspecified atom stereocenters. The van der Waals surface area contributed by atoms with Crippen LogP contribution in [0.15, 0.2) is 18.2 Å². The molecule has 3 atom stereocenters. The number of benzene rings is 1. The Hall–Kier alpha value is -2.12. The summed E-state index contributed by atoms with van der Waals surface area (Å²) in [7, 11) is 0. The lowest BCUT2D eigenvalue weighted by molar-refractivity contribution is -0.138. The molecule has 0 spiro atoms. The molecular formula is C18H24N2O5. The van der Waals surface area contributed by atoms with E-state index in [0.29, 0.717) is 12.3 Å². The second kappa shape index (κ2) is 7.01. The molecule has 7 heteroatoms. The van der Waals surface area contributed by atoms with Crippen LogP contribution in [0, 0.1) is 5.92 Å². The summed E-state index contributed by atoms with van der Waals surface area (Å²) in [5, 5.41) is 16.0. The Balaban J connectivity index is 1.74. The summed E-state index contributed by atoms with van der Waals surface area (Å²) < 4.78 is 11.0. The molecular weight excluding hydrogens is 324 g/mol. The number of ether oxygens (including phenoxy) is 2. The van der Waals surface area contributed by atoms with Crippen molar-refractivity contribution in [3.8, 4) is 5.75 Å². The number of anilines is 1. The fourth-order valence-corrected chi connectivity index (χ4v) is 3.52. The van der Waals surface area contributed by atoms with Gasteiger partial charge in [-0.2, -0.15) is 0 Å². The number of fused-ring (bicyclic) bond motifs is 1. The van der Waals surface area contributed by atoms with E-state index >= 15 is 0 Å². The summed E-state index contributed by atoms with van der Waals surface area (Å²) in [4.78, 5) is 24.6. The number of nitrogens with one attached hydrogen (secondary N) is 2. The van der Waals surface area contributed by atoms with Gasteiger partial charge in [0.25, 0.3) is 5.91 Å². The quantitative estimate of drug-likeness (QED) is 0.566. The first-order valence-electron chi connectivity index (χ1n) is 8.63. The van der Waals surface area contributed by atoms with E-state index in [4.69, 9.17) is 9.47 Å². The highest BCUT2D eigenvalue weighted by Crippen LogP contribution is 2.39. The maximum absolute atomic E-state index is 12.8. The molecule has 2 heterocycles. The Morgan fingerprint density at radius 3 is 3.00 bits per heavy atom. The van der Waals surface area contributed by atoms with E-state index in [9.17, 15) is 14.7 Å². The van der Waals surface area contributed by atoms with Gasteiger partial charge in [-0.05, 0) is 51.4 Å². The molecule has 2 saturated heterocycles. The highest BCUT2D eigenvalue weighted by atomic mass is 16.5. The molecule has 3 rings (SSSR count). The van der Waals surface area contributed by atoms with Crippen molar-refractivity contribution in [2.45, 2.75) is 38.4 Å². The molecule has 0 saturated carbocycles. The zero-order valence-corrected chi connectivity index (χ0v) is 14.5. The Morgan fingerprint density at radius 1 is 1.48 bits per heavy atom. The lowest BCUT2D eigenvalue weighted by atomic mass is 9.89. The number of rotatable bonds is 4. The van der Waals surface area contributed by atoms with Gasteiger partial charge in [-0.15, -0.1) is 0 Å². The van der Waals surface area contributed by atoms with E-state index in [2.05, 4.69) is 10.6 Å². The summed E-state index contributed by atoms with van der Waals surface area (Å²) >= 11 is 0. The number of hydrogen-bond acceptors (Lipinski definition) is 6. The van der Waals surface area contributed by atoms with Crippen molar-refractivity contribution in [2.75, 3.05) is 25.0 Å². The van der Waals surface area contributed by atoms with Gasteiger partial charge in [0.15, 0.2) is 0 Å². The molecule has 2 fully saturated rings. The summed E-state index contributed by atoms with van der Waals surface area (Å²) in [5.74, 6) is -0.623. The highest BCUT2D eigenvalue weighted by molar-refractivity contribution is 6.00. The first kappa shape index (κ1) is 17.7. The number of carbonyl (C=O) groups is 2. The Bertz CT molecular complexity index is 661. The van der Waals surface area contributed by atoms with Crippen molar-refractivity contribution in [2.24, 2.45) is 5.92 Å². The van der Waals surface area contributed by atoms with Crippen LogP contribution in [0.5, 0.6) is 5.75 Å². The van der Waals surface area contributed by atoms with Crippen LogP contribution in [0.3, 0.4) is 0 Å². The summed E-state index contributed by atoms with van der Waals surface area (Å²) in [5.41, 5.74) is -0.507. The van der Waals surface area contributed by atoms with Gasteiger partial charge in [0.1, 0.15) is 11.4 Å². The summed E-state index contributed by atoms with van der Waals surface area (Å²) in [6.45, 7) is 5.48. The number of phenolic OH excluding ortho intramolecular Hbond substituents is 1. The van der Waals surface area contributed by atoms with Crippen LogP contribution in [0.4, 0.5) is 5.69 Å². The highest BCUT2D eigenvalue weighted by Gasteiger charge is 2.48. The third-order valence-electron chi connectivity index (χ3n) is 4.84. The average molecular weight is 348 g/mol. The van der Waals surface area contributed by atoms with Crippen LogP contribution in [-0.4, -0.2) is 48.4 Å². The maximum atomic E-state index is 12.8. The maximum Gasteiger partial charge on any atom is 0.338 e. The van der Waals surface area contributed by atoms with Crippen LogP contribution in [0.2, 0.25) is 0 Å². The van der Waals surface area contributed by atoms with E-state index in [1.807, 2.05) is 0 Å². The smallest absolute Gasteiger partial charge is 0.338 e. The van der Waals surface area contributed by atoms with Crippen LogP contribution in [-0.2, 0) is 14.3 Å². The van der Waals surface area contributed by atoms with Crippen molar-refractivity contribution in [1.29, 1.82) is 0 Å². The zero-order chi connectivity index (χ0) is 18.0. The van der Waals surface area contributed by atoms with E-state index in [0.717, 1.165) is 19.5 Å². The molecule has 25 heavy (non-hydrogen) atoms. The van der Waals surface area contributed by atoms with Gasteiger partial charge in [-0.3, -0.25) is 4.79 Å². The van der Waals surface area contributed by atoms with Crippen molar-refractivity contribution >= 4 is 17.6 Å². The van der Waals surface area contributed by atoms with Gasteiger partial charge in [-0.25, -0.2) is 4.79 Å². The normalized spacial score (nSPS) is 28.2. The van der Waals surface area contributed by atoms with Gasteiger partial charge in [0.05, 0.1) is 24.0 Å². The number of aromatic hydroxyl groups is 1.